The zero-order chi connectivity index (χ0) is 32.4. The Labute approximate surface area is 263 Å². The van der Waals surface area contributed by atoms with Crippen LogP contribution in [0.5, 0.6) is 0 Å². The molecule has 0 bridgehead atoms. The molecule has 5 aromatic rings. The van der Waals surface area contributed by atoms with Crippen molar-refractivity contribution in [2.24, 2.45) is 7.05 Å². The number of methoxy groups -OCH3 is 1. The molecular formula is C35H34F3N5O3. The van der Waals surface area contributed by atoms with Gasteiger partial charge in [0, 0.05) is 55.8 Å². The number of aryl methyl sites for hydroxylation is 1. The minimum Gasteiger partial charge on any atom is -0.381 e. The van der Waals surface area contributed by atoms with Gasteiger partial charge < -0.3 is 24.3 Å². The standard InChI is InChI=1S/C35H34F3N5O3/c1-42-21-40-29-19-27(28(20-32(29)42)35(36,37)38)26-5-4-18-43-30(26)15-16-31(43)34(45)22-7-9-24(10-8-22)41-33(44)6-3-17-39-23-11-13-25(46-2)14-12-23/h3-10,15-16,18-21,23,25,39H,11-14,17H2,1-2H3,(H,41,44)/b6-3+/t23-,25-. The summed E-state index contributed by atoms with van der Waals surface area (Å²) >= 11 is 0. The maximum absolute atomic E-state index is 14.2. The highest BCUT2D eigenvalue weighted by molar-refractivity contribution is 6.09. The number of rotatable bonds is 9. The fourth-order valence-electron chi connectivity index (χ4n) is 6.12. The molecule has 0 spiro atoms. The van der Waals surface area contributed by atoms with Crippen molar-refractivity contribution in [2.75, 3.05) is 19.0 Å². The highest BCUT2D eigenvalue weighted by Gasteiger charge is 2.35. The quantitative estimate of drug-likeness (QED) is 0.139. The summed E-state index contributed by atoms with van der Waals surface area (Å²) in [5.41, 5.74) is 2.02. The lowest BCUT2D eigenvalue weighted by Gasteiger charge is -2.27. The van der Waals surface area contributed by atoms with Gasteiger partial charge in [-0.25, -0.2) is 4.98 Å². The van der Waals surface area contributed by atoms with Crippen LogP contribution in [0, 0.1) is 0 Å². The molecule has 2 aromatic carbocycles. The van der Waals surface area contributed by atoms with Crippen molar-refractivity contribution in [3.05, 3.63) is 102 Å². The van der Waals surface area contributed by atoms with Crippen LogP contribution in [0.2, 0.25) is 0 Å². The molecule has 1 aliphatic rings. The molecule has 1 amide bonds. The number of fused-ring (bicyclic) bond motifs is 2. The zero-order valence-corrected chi connectivity index (χ0v) is 25.5. The predicted octanol–water partition coefficient (Wildman–Crippen LogP) is 6.78. The Hall–Kier alpha value is -4.74. The van der Waals surface area contributed by atoms with Gasteiger partial charge in [-0.05, 0) is 85.8 Å². The van der Waals surface area contributed by atoms with Crippen molar-refractivity contribution in [3.63, 3.8) is 0 Å². The minimum atomic E-state index is -4.60. The molecule has 0 aliphatic heterocycles. The number of aromatic nitrogens is 3. The number of alkyl halides is 3. The van der Waals surface area contributed by atoms with Crippen LogP contribution < -0.4 is 10.6 Å². The first-order valence-corrected chi connectivity index (χ1v) is 15.1. The number of nitrogens with zero attached hydrogens (tertiary/aromatic N) is 3. The van der Waals surface area contributed by atoms with E-state index in [1.54, 1.807) is 83.9 Å². The van der Waals surface area contributed by atoms with Gasteiger partial charge in [0.05, 0.1) is 40.2 Å². The lowest BCUT2D eigenvalue weighted by Crippen LogP contribution is -2.35. The fraction of sp³-hybridized carbons (Fsp3) is 0.286. The summed E-state index contributed by atoms with van der Waals surface area (Å²) in [5.74, 6) is -0.590. The van der Waals surface area contributed by atoms with E-state index in [1.807, 2.05) is 0 Å². The molecule has 3 aromatic heterocycles. The molecule has 0 unspecified atom stereocenters. The third-order valence-corrected chi connectivity index (χ3v) is 8.60. The zero-order valence-electron chi connectivity index (χ0n) is 25.5. The van der Waals surface area contributed by atoms with Crippen molar-refractivity contribution >= 4 is 33.9 Å². The van der Waals surface area contributed by atoms with Gasteiger partial charge in [0.25, 0.3) is 0 Å². The van der Waals surface area contributed by atoms with Crippen LogP contribution in [-0.2, 0) is 22.8 Å². The maximum atomic E-state index is 14.2. The monoisotopic (exact) mass is 629 g/mol. The van der Waals surface area contributed by atoms with Gasteiger partial charge in [0.2, 0.25) is 11.7 Å². The van der Waals surface area contributed by atoms with Gasteiger partial charge >= 0.3 is 6.18 Å². The van der Waals surface area contributed by atoms with Crippen LogP contribution in [0.3, 0.4) is 0 Å². The Balaban J connectivity index is 1.15. The summed E-state index contributed by atoms with van der Waals surface area (Å²) in [7, 11) is 3.39. The number of amides is 1. The molecule has 0 atom stereocenters. The number of anilines is 1. The Morgan fingerprint density at radius 2 is 1.76 bits per heavy atom. The van der Waals surface area contributed by atoms with E-state index in [4.69, 9.17) is 4.74 Å². The normalized spacial score (nSPS) is 17.2. The van der Waals surface area contributed by atoms with Gasteiger partial charge in [0.1, 0.15) is 0 Å². The molecule has 238 valence electrons. The van der Waals surface area contributed by atoms with Crippen LogP contribution >= 0.6 is 0 Å². The average molecular weight is 630 g/mol. The lowest BCUT2D eigenvalue weighted by molar-refractivity contribution is -0.137. The fourth-order valence-corrected chi connectivity index (χ4v) is 6.12. The average Bonchev–Trinajstić information content (AvgIpc) is 3.65. The molecule has 1 saturated carbocycles. The molecule has 1 fully saturated rings. The summed E-state index contributed by atoms with van der Waals surface area (Å²) in [4.78, 5) is 30.2. The van der Waals surface area contributed by atoms with E-state index in [0.29, 0.717) is 57.7 Å². The van der Waals surface area contributed by atoms with Crippen molar-refractivity contribution in [1.82, 2.24) is 19.3 Å². The second-order valence-electron chi connectivity index (χ2n) is 11.6. The van der Waals surface area contributed by atoms with E-state index >= 15 is 0 Å². The number of ether oxygens (including phenoxy) is 1. The van der Waals surface area contributed by atoms with Crippen LogP contribution in [0.1, 0.15) is 47.3 Å². The van der Waals surface area contributed by atoms with E-state index in [9.17, 15) is 22.8 Å². The van der Waals surface area contributed by atoms with Gasteiger partial charge in [-0.3, -0.25) is 9.59 Å². The second-order valence-corrected chi connectivity index (χ2v) is 11.6. The molecule has 11 heteroatoms. The molecule has 2 N–H and O–H groups in total. The number of hydrogen-bond acceptors (Lipinski definition) is 5. The highest BCUT2D eigenvalue weighted by atomic mass is 19.4. The van der Waals surface area contributed by atoms with Gasteiger partial charge in [-0.15, -0.1) is 0 Å². The Morgan fingerprint density at radius 3 is 2.48 bits per heavy atom. The van der Waals surface area contributed by atoms with Crippen LogP contribution in [0.25, 0.3) is 27.7 Å². The number of imidazole rings is 1. The molecule has 0 radical (unpaired) electrons. The summed E-state index contributed by atoms with van der Waals surface area (Å²) in [6, 6.07) is 16.0. The Kier molecular flexibility index (Phi) is 8.79. The van der Waals surface area contributed by atoms with E-state index in [0.717, 1.165) is 31.7 Å². The molecule has 1 aliphatic carbocycles. The van der Waals surface area contributed by atoms with E-state index in [2.05, 4.69) is 15.6 Å². The highest BCUT2D eigenvalue weighted by Crippen LogP contribution is 2.41. The number of pyridine rings is 1. The van der Waals surface area contributed by atoms with Gasteiger partial charge in [-0.2, -0.15) is 13.2 Å². The van der Waals surface area contributed by atoms with E-state index in [1.165, 1.54) is 18.5 Å². The van der Waals surface area contributed by atoms with Crippen molar-refractivity contribution in [3.8, 4) is 11.1 Å². The number of carbonyl (C=O) groups excluding carboxylic acids is 2. The Morgan fingerprint density at radius 1 is 1.00 bits per heavy atom. The summed E-state index contributed by atoms with van der Waals surface area (Å²) < 4.78 is 51.2. The third-order valence-electron chi connectivity index (χ3n) is 8.60. The lowest BCUT2D eigenvalue weighted by atomic mass is 9.93. The number of hydrogen-bond donors (Lipinski definition) is 2. The van der Waals surface area contributed by atoms with Crippen LogP contribution in [0.15, 0.2) is 85.3 Å². The van der Waals surface area contributed by atoms with Crippen molar-refractivity contribution in [2.45, 2.75) is 44.0 Å². The topological polar surface area (TPSA) is 89.7 Å². The van der Waals surface area contributed by atoms with E-state index < -0.39 is 11.7 Å². The number of nitrogens with one attached hydrogen (secondary N) is 2. The number of benzene rings is 2. The molecule has 8 nitrogen and oxygen atoms in total. The molecule has 6 rings (SSSR count). The molecule has 3 heterocycles. The smallest absolute Gasteiger partial charge is 0.381 e. The maximum Gasteiger partial charge on any atom is 0.417 e. The number of halogens is 3. The first kappa shape index (κ1) is 31.3. The Bertz CT molecular complexity index is 1920. The van der Waals surface area contributed by atoms with E-state index in [-0.39, 0.29) is 17.3 Å². The van der Waals surface area contributed by atoms with Crippen molar-refractivity contribution < 1.29 is 27.5 Å². The van der Waals surface area contributed by atoms with Gasteiger partial charge in [-0.1, -0.05) is 12.1 Å². The largest absolute Gasteiger partial charge is 0.417 e. The molecule has 46 heavy (non-hydrogen) atoms. The van der Waals surface area contributed by atoms with Crippen molar-refractivity contribution in [1.29, 1.82) is 0 Å². The minimum absolute atomic E-state index is 0.0134. The predicted molar refractivity (Wildman–Crippen MR) is 171 cm³/mol. The third kappa shape index (κ3) is 6.47. The first-order valence-electron chi connectivity index (χ1n) is 15.1. The summed E-state index contributed by atoms with van der Waals surface area (Å²) in [6.45, 7) is 0.589. The summed E-state index contributed by atoms with van der Waals surface area (Å²) in [5, 5.41) is 6.24. The van der Waals surface area contributed by atoms with Crippen LogP contribution in [0.4, 0.5) is 18.9 Å². The second kappa shape index (κ2) is 12.9. The molecule has 0 saturated heterocycles. The number of carbonyl (C=O) groups is 2. The van der Waals surface area contributed by atoms with Gasteiger partial charge in [0.15, 0.2) is 0 Å². The van der Waals surface area contributed by atoms with Crippen LogP contribution in [-0.4, -0.2) is 51.4 Å². The first-order chi connectivity index (χ1) is 22.1. The SMILES string of the molecule is CO[C@H]1CC[C@H](NC/C=C/C(=O)Nc2ccc(C(=O)c3ccc4c(-c5cc6ncn(C)c6cc5C(F)(F)F)cccn34)cc2)CC1. The number of ketones is 1. The molecular weight excluding hydrogens is 595 g/mol. The summed E-state index contributed by atoms with van der Waals surface area (Å²) in [6.07, 6.45) is 6.29.